The fourth-order valence-corrected chi connectivity index (χ4v) is 0. The summed E-state index contributed by atoms with van der Waals surface area (Å²) in [5.41, 5.74) is 0. The predicted octanol–water partition coefficient (Wildman–Crippen LogP) is -2.55. The first kappa shape index (κ1) is 10.7. The van der Waals surface area contributed by atoms with Crippen LogP contribution in [-0.2, 0) is 3.74 Å². The minimum Gasteiger partial charge on any atom is 0 e. The van der Waals surface area contributed by atoms with Crippen LogP contribution in [0.1, 0.15) is 0 Å². The third-order valence-corrected chi connectivity index (χ3v) is 0. The van der Waals surface area contributed by atoms with Crippen LogP contribution < -0.4 is 0 Å². The Bertz CT molecular complexity index is 53.7. The Balaban J connectivity index is 0. The molecule has 0 aromatic carbocycles. The van der Waals surface area contributed by atoms with Crippen LogP contribution in [0.5, 0.6) is 0 Å². The smallest absolute Gasteiger partial charge is 0 e. The second kappa shape index (κ2) is 3.77. The summed E-state index contributed by atoms with van der Waals surface area (Å²) in [6.45, 7) is 0. The quantitative estimate of drug-likeness (QED) is 0.427. The fraction of sp³-hybridized carbons (Fsp3) is 0. The van der Waals surface area contributed by atoms with E-state index in [4.69, 9.17) is 16.0 Å². The van der Waals surface area contributed by atoms with Crippen molar-refractivity contribution in [2.24, 2.45) is 0 Å². The maximum Gasteiger partial charge on any atom is 0 e. The average Bonchev–Trinajstić information content (AvgIpc) is 0.722. The van der Waals surface area contributed by atoms with E-state index in [1.165, 1.54) is 0 Å². The molecule has 0 rings (SSSR count). The van der Waals surface area contributed by atoms with Gasteiger partial charge in [-0.05, 0) is 0 Å². The van der Waals surface area contributed by atoms with Crippen LogP contribution in [-0.4, -0.2) is 75.7 Å². The molecular weight excluding hydrogens is 276 g/mol. The molecule has 3 N–H and O–H groups in total. The Morgan fingerprint density at radius 2 is 1.17 bits per heavy atom. The van der Waals surface area contributed by atoms with Gasteiger partial charge in [-0.15, -0.1) is 0 Å². The van der Waals surface area contributed by atoms with Gasteiger partial charge in [-0.1, -0.05) is 0 Å². The minimum absolute atomic E-state index is 0. The van der Waals surface area contributed by atoms with Crippen molar-refractivity contribution in [2.45, 2.75) is 0 Å². The summed E-state index contributed by atoms with van der Waals surface area (Å²) in [4.78, 5) is 0. The molecule has 0 saturated carbocycles. The van der Waals surface area contributed by atoms with E-state index in [9.17, 15) is 0 Å². The molecule has 0 amide bonds. The third-order valence-electron chi connectivity index (χ3n) is 0. The average molecular weight is 279 g/mol. The Morgan fingerprint density at radius 1 is 1.17 bits per heavy atom. The van der Waals surface area contributed by atoms with Gasteiger partial charge >= 0.3 is 30.5 Å². The van der Waals surface area contributed by atoms with Gasteiger partial charge in [0, 0.05) is 48.9 Å². The molecule has 0 aliphatic heterocycles. The Hall–Kier alpha value is 1.81. The van der Waals surface area contributed by atoms with E-state index in [-0.39, 0.29) is 48.9 Å². The molecular formula is H3AsBaO4. The van der Waals surface area contributed by atoms with Gasteiger partial charge in [0.2, 0.25) is 0 Å². The fourth-order valence-electron chi connectivity index (χ4n) is 0. The maximum atomic E-state index is 8.94. The first-order chi connectivity index (χ1) is 2.00. The first-order valence-electron chi connectivity index (χ1n) is 0.783. The van der Waals surface area contributed by atoms with Gasteiger partial charge in [0.05, 0.1) is 0 Å². The zero-order valence-corrected chi connectivity index (χ0v) is 9.22. The largest absolute Gasteiger partial charge is 0 e. The van der Waals surface area contributed by atoms with Crippen LogP contribution in [0.15, 0.2) is 0 Å². The minimum atomic E-state index is -5.12. The van der Waals surface area contributed by atoms with E-state index >= 15 is 0 Å². The van der Waals surface area contributed by atoms with Crippen LogP contribution in [0.4, 0.5) is 0 Å². The first-order valence-corrected chi connectivity index (χ1v) is 4.07. The van der Waals surface area contributed by atoms with Gasteiger partial charge in [0.1, 0.15) is 0 Å². The van der Waals surface area contributed by atoms with Crippen molar-refractivity contribution in [3.63, 3.8) is 0 Å². The predicted molar refractivity (Wildman–Crippen MR) is 18.9 cm³/mol. The SMILES string of the molecule is O=[As](O)(O)O.[Ba]. The molecule has 0 aliphatic rings. The van der Waals surface area contributed by atoms with Crippen LogP contribution in [0.3, 0.4) is 0 Å². The molecule has 0 aromatic heterocycles. The van der Waals surface area contributed by atoms with Gasteiger partial charge < -0.3 is 0 Å². The van der Waals surface area contributed by atoms with Gasteiger partial charge in [-0.3, -0.25) is 0 Å². The zero-order chi connectivity index (χ0) is 4.50. The monoisotopic (exact) mass is 280 g/mol. The molecule has 0 heterocycles. The van der Waals surface area contributed by atoms with E-state index in [2.05, 4.69) is 0 Å². The van der Waals surface area contributed by atoms with E-state index in [1.807, 2.05) is 0 Å². The molecule has 6 heavy (non-hydrogen) atoms. The zero-order valence-electron chi connectivity index (χ0n) is 2.90. The summed E-state index contributed by atoms with van der Waals surface area (Å²) in [5.74, 6) is 0. The molecule has 0 bridgehead atoms. The second-order valence-corrected chi connectivity index (χ2v) is 2.67. The van der Waals surface area contributed by atoms with Crippen molar-refractivity contribution in [3.8, 4) is 0 Å². The van der Waals surface area contributed by atoms with E-state index in [0.717, 1.165) is 0 Å². The third kappa shape index (κ3) is 41.0. The van der Waals surface area contributed by atoms with Crippen LogP contribution in [0, 0.1) is 0 Å². The molecule has 0 unspecified atom stereocenters. The number of hydrogen-bond donors (Lipinski definition) is 3. The summed E-state index contributed by atoms with van der Waals surface area (Å²) < 4.78 is 30.7. The van der Waals surface area contributed by atoms with Gasteiger partial charge in [0.15, 0.2) is 0 Å². The number of rotatable bonds is 0. The van der Waals surface area contributed by atoms with Crippen molar-refractivity contribution < 1.29 is 16.0 Å². The standard InChI is InChI=1S/AsH3O4.Ba/c2-1(3,4)5;/h(H3,2,3,4,5);. The summed E-state index contributed by atoms with van der Waals surface area (Å²) >= 11 is -5.12. The molecule has 34 valence electrons. The maximum absolute atomic E-state index is 8.94. The Kier molecular flexibility index (Phi) is 6.74. The Morgan fingerprint density at radius 3 is 1.17 bits per heavy atom. The van der Waals surface area contributed by atoms with Crippen LogP contribution in [0.25, 0.3) is 0 Å². The number of hydrogen-bond acceptors (Lipinski definition) is 1. The topological polar surface area (TPSA) is 77.8 Å². The molecule has 0 aromatic rings. The van der Waals surface area contributed by atoms with Crippen molar-refractivity contribution >= 4 is 63.4 Å². The molecule has 0 atom stereocenters. The summed E-state index contributed by atoms with van der Waals surface area (Å²) in [6, 6.07) is 0. The van der Waals surface area contributed by atoms with Crippen molar-refractivity contribution in [1.82, 2.24) is 0 Å². The van der Waals surface area contributed by atoms with E-state index < -0.39 is 14.5 Å². The van der Waals surface area contributed by atoms with Crippen molar-refractivity contribution in [2.75, 3.05) is 0 Å². The molecule has 0 fully saturated rings. The molecule has 6 heteroatoms. The normalized spacial score (nSPS) is 9.83. The molecule has 4 nitrogen and oxygen atoms in total. The van der Waals surface area contributed by atoms with Crippen LogP contribution in [0.2, 0.25) is 0 Å². The van der Waals surface area contributed by atoms with Gasteiger partial charge in [-0.2, -0.15) is 0 Å². The second-order valence-electron chi connectivity index (χ2n) is 0.513. The molecule has 0 aliphatic carbocycles. The van der Waals surface area contributed by atoms with Crippen LogP contribution >= 0.6 is 0 Å². The summed E-state index contributed by atoms with van der Waals surface area (Å²) in [7, 11) is 0. The molecule has 0 spiro atoms. The van der Waals surface area contributed by atoms with E-state index in [0.29, 0.717) is 0 Å². The van der Waals surface area contributed by atoms with Gasteiger partial charge in [-0.25, -0.2) is 0 Å². The summed E-state index contributed by atoms with van der Waals surface area (Å²) in [5, 5.41) is 0. The van der Waals surface area contributed by atoms with Crippen molar-refractivity contribution in [3.05, 3.63) is 0 Å². The van der Waals surface area contributed by atoms with Crippen molar-refractivity contribution in [1.29, 1.82) is 0 Å². The Labute approximate surface area is 78.0 Å². The summed E-state index contributed by atoms with van der Waals surface area (Å²) in [6.07, 6.45) is 0. The van der Waals surface area contributed by atoms with Gasteiger partial charge in [0.25, 0.3) is 0 Å². The molecule has 2 radical (unpaired) electrons. The molecule has 0 saturated heterocycles. The van der Waals surface area contributed by atoms with E-state index in [1.54, 1.807) is 0 Å².